The topological polar surface area (TPSA) is 102 Å². The Morgan fingerprint density at radius 2 is 1.71 bits per heavy atom. The zero-order valence-corrected chi connectivity index (χ0v) is 15.9. The minimum Gasteiger partial charge on any atom is -0.454 e. The fourth-order valence-corrected chi connectivity index (χ4v) is 3.79. The number of sulfonamides is 1. The van der Waals surface area contributed by atoms with Gasteiger partial charge in [0.25, 0.3) is 10.0 Å². The number of aromatic nitrogens is 2. The lowest BCUT2D eigenvalue weighted by molar-refractivity contribution is 0.174. The van der Waals surface area contributed by atoms with E-state index in [-0.39, 0.29) is 17.5 Å². The molecule has 0 fully saturated rings. The van der Waals surface area contributed by atoms with Crippen LogP contribution in [0.5, 0.6) is 11.5 Å². The molecule has 144 valence electrons. The van der Waals surface area contributed by atoms with E-state index in [1.165, 1.54) is 12.1 Å². The van der Waals surface area contributed by atoms with Gasteiger partial charge in [0, 0.05) is 11.8 Å². The van der Waals surface area contributed by atoms with Gasteiger partial charge in [0.05, 0.1) is 4.90 Å². The van der Waals surface area contributed by atoms with Gasteiger partial charge >= 0.3 is 0 Å². The SMILES string of the molecule is CCc1ccccc1Nc1ccc(NS(=O)(=O)c2ccc3c(c2)OCO3)nn1. The first-order valence-electron chi connectivity index (χ1n) is 8.66. The number of nitrogens with zero attached hydrogens (tertiary/aromatic N) is 2. The Hall–Kier alpha value is -3.33. The molecular weight excluding hydrogens is 380 g/mol. The Morgan fingerprint density at radius 1 is 0.964 bits per heavy atom. The molecule has 1 aromatic heterocycles. The summed E-state index contributed by atoms with van der Waals surface area (Å²) in [5.74, 6) is 1.54. The van der Waals surface area contributed by atoms with Gasteiger partial charge in [0.2, 0.25) is 6.79 Å². The van der Waals surface area contributed by atoms with E-state index in [1.807, 2.05) is 24.3 Å². The predicted octanol–water partition coefficient (Wildman–Crippen LogP) is 3.31. The third-order valence-electron chi connectivity index (χ3n) is 4.22. The van der Waals surface area contributed by atoms with Crippen LogP contribution in [0, 0.1) is 0 Å². The molecule has 2 N–H and O–H groups in total. The minimum absolute atomic E-state index is 0.0534. The monoisotopic (exact) mass is 398 g/mol. The molecule has 4 rings (SSSR count). The number of aryl methyl sites for hydroxylation is 1. The maximum absolute atomic E-state index is 12.6. The molecule has 0 amide bonds. The van der Waals surface area contributed by atoms with Gasteiger partial charge in [-0.15, -0.1) is 10.2 Å². The predicted molar refractivity (Wildman–Crippen MR) is 105 cm³/mol. The second-order valence-corrected chi connectivity index (χ2v) is 7.74. The van der Waals surface area contributed by atoms with Crippen molar-refractivity contribution in [1.29, 1.82) is 0 Å². The molecule has 0 bridgehead atoms. The maximum Gasteiger partial charge on any atom is 0.263 e. The molecule has 0 spiro atoms. The highest BCUT2D eigenvalue weighted by Crippen LogP contribution is 2.34. The highest BCUT2D eigenvalue weighted by molar-refractivity contribution is 7.92. The first-order chi connectivity index (χ1) is 13.5. The number of benzene rings is 2. The van der Waals surface area contributed by atoms with Crippen molar-refractivity contribution in [2.24, 2.45) is 0 Å². The molecule has 1 aliphatic heterocycles. The van der Waals surface area contributed by atoms with Crippen LogP contribution in [0.3, 0.4) is 0 Å². The van der Waals surface area contributed by atoms with Crippen molar-refractivity contribution in [2.75, 3.05) is 16.8 Å². The number of anilines is 3. The average molecular weight is 398 g/mol. The summed E-state index contributed by atoms with van der Waals surface area (Å²) in [6, 6.07) is 15.5. The van der Waals surface area contributed by atoms with Gasteiger partial charge < -0.3 is 14.8 Å². The Balaban J connectivity index is 1.49. The van der Waals surface area contributed by atoms with Crippen LogP contribution in [-0.2, 0) is 16.4 Å². The molecule has 0 radical (unpaired) electrons. The van der Waals surface area contributed by atoms with Crippen LogP contribution in [0.15, 0.2) is 59.5 Å². The summed E-state index contributed by atoms with van der Waals surface area (Å²) >= 11 is 0. The molecular formula is C19H18N4O4S. The van der Waals surface area contributed by atoms with Crippen molar-refractivity contribution in [3.8, 4) is 11.5 Å². The van der Waals surface area contributed by atoms with Crippen molar-refractivity contribution in [1.82, 2.24) is 10.2 Å². The summed E-state index contributed by atoms with van der Waals surface area (Å²) in [5, 5.41) is 11.2. The van der Waals surface area contributed by atoms with Crippen molar-refractivity contribution in [3.05, 3.63) is 60.2 Å². The molecule has 0 unspecified atom stereocenters. The van der Waals surface area contributed by atoms with Gasteiger partial charge in [-0.25, -0.2) is 8.42 Å². The molecule has 9 heteroatoms. The van der Waals surface area contributed by atoms with Gasteiger partial charge in [-0.3, -0.25) is 4.72 Å². The Kier molecular flexibility index (Phi) is 4.74. The second kappa shape index (κ2) is 7.35. The van der Waals surface area contributed by atoms with Crippen molar-refractivity contribution < 1.29 is 17.9 Å². The van der Waals surface area contributed by atoms with E-state index in [2.05, 4.69) is 27.2 Å². The number of fused-ring (bicyclic) bond motifs is 1. The Labute approximate surface area is 162 Å². The van der Waals surface area contributed by atoms with E-state index in [4.69, 9.17) is 9.47 Å². The van der Waals surface area contributed by atoms with Gasteiger partial charge in [0.15, 0.2) is 23.1 Å². The van der Waals surface area contributed by atoms with E-state index in [9.17, 15) is 8.42 Å². The Bertz CT molecular complexity index is 1100. The van der Waals surface area contributed by atoms with Crippen LogP contribution in [0.1, 0.15) is 12.5 Å². The fourth-order valence-electron chi connectivity index (χ4n) is 2.78. The van der Waals surface area contributed by atoms with Crippen molar-refractivity contribution in [2.45, 2.75) is 18.2 Å². The number of hydrogen-bond acceptors (Lipinski definition) is 7. The molecule has 2 heterocycles. The van der Waals surface area contributed by atoms with Gasteiger partial charge in [-0.1, -0.05) is 25.1 Å². The normalized spacial score (nSPS) is 12.6. The summed E-state index contributed by atoms with van der Waals surface area (Å²) in [5.41, 5.74) is 2.09. The zero-order valence-electron chi connectivity index (χ0n) is 15.0. The smallest absolute Gasteiger partial charge is 0.263 e. The molecule has 1 aliphatic rings. The summed E-state index contributed by atoms with van der Waals surface area (Å²) in [4.78, 5) is 0.0534. The third kappa shape index (κ3) is 3.70. The van der Waals surface area contributed by atoms with E-state index < -0.39 is 10.0 Å². The van der Waals surface area contributed by atoms with Crippen LogP contribution in [0.4, 0.5) is 17.3 Å². The molecule has 0 atom stereocenters. The summed E-state index contributed by atoms with van der Waals surface area (Å²) in [6.45, 7) is 2.15. The maximum atomic E-state index is 12.6. The first-order valence-corrected chi connectivity index (χ1v) is 10.1. The first kappa shape index (κ1) is 18.1. The molecule has 28 heavy (non-hydrogen) atoms. The number of nitrogens with one attached hydrogen (secondary N) is 2. The Morgan fingerprint density at radius 3 is 2.50 bits per heavy atom. The average Bonchev–Trinajstić information content (AvgIpc) is 3.17. The highest BCUT2D eigenvalue weighted by Gasteiger charge is 2.21. The zero-order chi connectivity index (χ0) is 19.6. The fraction of sp³-hybridized carbons (Fsp3) is 0.158. The van der Waals surface area contributed by atoms with Crippen LogP contribution in [0.2, 0.25) is 0 Å². The van der Waals surface area contributed by atoms with Crippen LogP contribution in [0.25, 0.3) is 0 Å². The van der Waals surface area contributed by atoms with Crippen LogP contribution >= 0.6 is 0 Å². The van der Waals surface area contributed by atoms with Gasteiger partial charge in [0.1, 0.15) is 0 Å². The summed E-state index contributed by atoms with van der Waals surface area (Å²) in [6.07, 6.45) is 0.879. The molecule has 0 saturated carbocycles. The van der Waals surface area contributed by atoms with E-state index >= 15 is 0 Å². The van der Waals surface area contributed by atoms with Crippen LogP contribution < -0.4 is 19.5 Å². The highest BCUT2D eigenvalue weighted by atomic mass is 32.2. The van der Waals surface area contributed by atoms with E-state index in [0.717, 1.165) is 17.7 Å². The molecule has 2 aromatic carbocycles. The minimum atomic E-state index is -3.83. The third-order valence-corrected chi connectivity index (χ3v) is 5.57. The molecule has 8 nitrogen and oxygen atoms in total. The van der Waals surface area contributed by atoms with Crippen molar-refractivity contribution in [3.63, 3.8) is 0 Å². The van der Waals surface area contributed by atoms with Gasteiger partial charge in [-0.2, -0.15) is 0 Å². The van der Waals surface area contributed by atoms with Gasteiger partial charge in [-0.05, 0) is 42.3 Å². The number of hydrogen-bond donors (Lipinski definition) is 2. The molecule has 0 saturated heterocycles. The standard InChI is InChI=1S/C19H18N4O4S/c1-2-13-5-3-4-6-15(13)20-18-9-10-19(22-21-18)23-28(24,25)14-7-8-16-17(11-14)27-12-26-16/h3-11H,2,12H2,1H3,(H,20,21)(H,22,23). The second-order valence-electron chi connectivity index (χ2n) is 6.06. The quantitative estimate of drug-likeness (QED) is 0.657. The summed E-state index contributed by atoms with van der Waals surface area (Å²) in [7, 11) is -3.83. The van der Waals surface area contributed by atoms with Crippen LogP contribution in [-0.4, -0.2) is 25.4 Å². The lowest BCUT2D eigenvalue weighted by Crippen LogP contribution is -2.14. The van der Waals surface area contributed by atoms with E-state index in [0.29, 0.717) is 17.3 Å². The van der Waals surface area contributed by atoms with E-state index in [1.54, 1.807) is 18.2 Å². The summed E-state index contributed by atoms with van der Waals surface area (Å²) < 4.78 is 38.0. The van der Waals surface area contributed by atoms with Crippen molar-refractivity contribution >= 4 is 27.3 Å². The molecule has 3 aromatic rings. The largest absolute Gasteiger partial charge is 0.454 e. The number of rotatable bonds is 6. The lowest BCUT2D eigenvalue weighted by Gasteiger charge is -2.11. The number of para-hydroxylation sites is 1. The lowest BCUT2D eigenvalue weighted by atomic mass is 10.1. The number of ether oxygens (including phenoxy) is 2. The molecule has 0 aliphatic carbocycles.